The lowest BCUT2D eigenvalue weighted by molar-refractivity contribution is 0.0601. The molecule has 1 heterocycles. The van der Waals surface area contributed by atoms with Gasteiger partial charge >= 0.3 is 5.97 Å². The van der Waals surface area contributed by atoms with E-state index >= 15 is 0 Å². The van der Waals surface area contributed by atoms with Crippen LogP contribution in [-0.4, -0.2) is 43.2 Å². The Kier molecular flexibility index (Phi) is 7.53. The Bertz CT molecular complexity index is 969. The summed E-state index contributed by atoms with van der Waals surface area (Å²) in [5.41, 5.74) is 3.55. The highest BCUT2D eigenvalue weighted by Crippen LogP contribution is 2.31. The van der Waals surface area contributed by atoms with Gasteiger partial charge in [-0.3, -0.25) is 0 Å². The molecule has 0 radical (unpaired) electrons. The van der Waals surface area contributed by atoms with Crippen molar-refractivity contribution in [2.45, 2.75) is 33.7 Å². The van der Waals surface area contributed by atoms with Gasteiger partial charge in [0.25, 0.3) is 0 Å². The normalized spacial score (nSPS) is 10.3. The Hall–Kier alpha value is -3.15. The van der Waals surface area contributed by atoms with Crippen LogP contribution in [0, 0.1) is 0 Å². The molecule has 0 spiro atoms. The van der Waals surface area contributed by atoms with E-state index in [0.29, 0.717) is 11.1 Å². The van der Waals surface area contributed by atoms with E-state index < -0.39 is 5.97 Å². The van der Waals surface area contributed by atoms with Gasteiger partial charge in [0.1, 0.15) is 11.4 Å². The largest absolute Gasteiger partial charge is 0.497 e. The molecule has 1 aromatic heterocycles. The molecule has 0 fully saturated rings. The maximum atomic E-state index is 11.8. The van der Waals surface area contributed by atoms with E-state index in [1.54, 1.807) is 25.3 Å². The van der Waals surface area contributed by atoms with E-state index in [1.807, 2.05) is 45.2 Å². The van der Waals surface area contributed by atoms with E-state index in [-0.39, 0.29) is 6.04 Å². The van der Waals surface area contributed by atoms with Crippen molar-refractivity contribution < 1.29 is 14.3 Å². The molecule has 3 rings (SSSR count). The van der Waals surface area contributed by atoms with E-state index in [0.717, 1.165) is 28.3 Å². The topological polar surface area (TPSA) is 64.6 Å². The van der Waals surface area contributed by atoms with Gasteiger partial charge < -0.3 is 14.4 Å². The second-order valence-electron chi connectivity index (χ2n) is 6.52. The Morgan fingerprint density at radius 3 is 2.17 bits per heavy atom. The molecule has 0 amide bonds. The van der Waals surface area contributed by atoms with Crippen LogP contribution >= 0.6 is 0 Å². The summed E-state index contributed by atoms with van der Waals surface area (Å²) in [6.07, 6.45) is 0. The van der Waals surface area contributed by atoms with Crippen LogP contribution in [0.5, 0.6) is 5.75 Å². The first kappa shape index (κ1) is 22.1. The zero-order valence-corrected chi connectivity index (χ0v) is 18.2. The summed E-state index contributed by atoms with van der Waals surface area (Å²) in [4.78, 5) is 23.6. The number of ether oxygens (including phenoxy) is 2. The number of carbonyl (C=O) groups is 1. The molecule has 0 saturated carbocycles. The van der Waals surface area contributed by atoms with Crippen LogP contribution in [0.2, 0.25) is 0 Å². The number of benzene rings is 2. The lowest BCUT2D eigenvalue weighted by atomic mass is 10.1. The van der Waals surface area contributed by atoms with Crippen LogP contribution in [0.1, 0.15) is 38.1 Å². The summed E-state index contributed by atoms with van der Waals surface area (Å²) in [5, 5.41) is 0. The van der Waals surface area contributed by atoms with Crippen molar-refractivity contribution in [3.63, 3.8) is 0 Å². The standard InChI is InChI=1S/C21H23N3O3.C2H6/c1-13(2)24(3)20-19(14-6-9-16(26-4)10-7-14)22-17-11-8-15(21(25)27-5)12-18(17)23-20;1-2/h6-13H,1-5H3;1-2H3. The highest BCUT2D eigenvalue weighted by atomic mass is 16.5. The van der Waals surface area contributed by atoms with Crippen molar-refractivity contribution in [1.82, 2.24) is 9.97 Å². The molecule has 29 heavy (non-hydrogen) atoms. The Labute approximate surface area is 172 Å². The minimum absolute atomic E-state index is 0.234. The third-order valence-corrected chi connectivity index (χ3v) is 4.54. The van der Waals surface area contributed by atoms with Crippen molar-refractivity contribution >= 4 is 22.8 Å². The van der Waals surface area contributed by atoms with Crippen molar-refractivity contribution in [3.05, 3.63) is 48.0 Å². The molecular formula is C23H29N3O3. The second-order valence-corrected chi connectivity index (χ2v) is 6.52. The lowest BCUT2D eigenvalue weighted by Gasteiger charge is -2.25. The van der Waals surface area contributed by atoms with Gasteiger partial charge in [-0.25, -0.2) is 14.8 Å². The number of nitrogens with zero attached hydrogens (tertiary/aromatic N) is 3. The second kappa shape index (κ2) is 9.87. The number of anilines is 1. The van der Waals surface area contributed by atoms with Gasteiger partial charge in [0, 0.05) is 18.7 Å². The lowest BCUT2D eigenvalue weighted by Crippen LogP contribution is -2.27. The SMILES string of the molecule is CC.COC(=O)c1ccc2nc(-c3ccc(OC)cc3)c(N(C)C(C)C)nc2c1. The van der Waals surface area contributed by atoms with Gasteiger partial charge in [-0.2, -0.15) is 0 Å². The van der Waals surface area contributed by atoms with Gasteiger partial charge in [0.15, 0.2) is 5.82 Å². The molecule has 0 bridgehead atoms. The smallest absolute Gasteiger partial charge is 0.337 e. The average Bonchev–Trinajstić information content (AvgIpc) is 2.78. The molecule has 0 unspecified atom stereocenters. The maximum Gasteiger partial charge on any atom is 0.337 e. The fourth-order valence-corrected chi connectivity index (χ4v) is 2.72. The summed E-state index contributed by atoms with van der Waals surface area (Å²) < 4.78 is 10.1. The molecular weight excluding hydrogens is 366 g/mol. The quantitative estimate of drug-likeness (QED) is 0.569. The van der Waals surface area contributed by atoms with Gasteiger partial charge in [-0.15, -0.1) is 0 Å². The molecule has 2 aromatic carbocycles. The molecule has 3 aromatic rings. The van der Waals surface area contributed by atoms with E-state index in [1.165, 1.54) is 7.11 Å². The number of hydrogen-bond donors (Lipinski definition) is 0. The summed E-state index contributed by atoms with van der Waals surface area (Å²) in [7, 11) is 4.99. The van der Waals surface area contributed by atoms with Crippen molar-refractivity contribution in [3.8, 4) is 17.0 Å². The van der Waals surface area contributed by atoms with Crippen molar-refractivity contribution in [2.24, 2.45) is 0 Å². The summed E-state index contributed by atoms with van der Waals surface area (Å²) in [6.45, 7) is 8.18. The fourth-order valence-electron chi connectivity index (χ4n) is 2.72. The van der Waals surface area contributed by atoms with Crippen LogP contribution in [0.3, 0.4) is 0 Å². The third kappa shape index (κ3) is 4.83. The molecule has 6 heteroatoms. The molecule has 154 valence electrons. The minimum Gasteiger partial charge on any atom is -0.497 e. The fraction of sp³-hybridized carbons (Fsp3) is 0.348. The van der Waals surface area contributed by atoms with Crippen LogP contribution < -0.4 is 9.64 Å². The summed E-state index contributed by atoms with van der Waals surface area (Å²) >= 11 is 0. The number of fused-ring (bicyclic) bond motifs is 1. The Morgan fingerprint density at radius 2 is 1.62 bits per heavy atom. The maximum absolute atomic E-state index is 11.8. The van der Waals surface area contributed by atoms with Crippen LogP contribution in [0.25, 0.3) is 22.3 Å². The molecule has 6 nitrogen and oxygen atoms in total. The van der Waals surface area contributed by atoms with E-state index in [4.69, 9.17) is 19.4 Å². The third-order valence-electron chi connectivity index (χ3n) is 4.54. The highest BCUT2D eigenvalue weighted by molar-refractivity contribution is 5.94. The Balaban J connectivity index is 0.00000145. The highest BCUT2D eigenvalue weighted by Gasteiger charge is 2.18. The summed E-state index contributed by atoms with van der Waals surface area (Å²) in [6, 6.07) is 13.2. The molecule has 0 saturated heterocycles. The predicted octanol–water partition coefficient (Wildman–Crippen LogP) is 4.96. The number of esters is 1. The zero-order chi connectivity index (χ0) is 21.6. The van der Waals surface area contributed by atoms with Crippen LogP contribution in [-0.2, 0) is 4.74 Å². The first-order valence-electron chi connectivity index (χ1n) is 9.72. The van der Waals surface area contributed by atoms with Gasteiger partial charge in [-0.1, -0.05) is 13.8 Å². The monoisotopic (exact) mass is 395 g/mol. The average molecular weight is 396 g/mol. The number of carbonyl (C=O) groups excluding carboxylic acids is 1. The first-order chi connectivity index (χ1) is 13.9. The number of methoxy groups -OCH3 is 2. The van der Waals surface area contributed by atoms with Crippen LogP contribution in [0.15, 0.2) is 42.5 Å². The molecule has 0 aliphatic rings. The number of rotatable bonds is 5. The first-order valence-corrected chi connectivity index (χ1v) is 9.72. The number of aromatic nitrogens is 2. The molecule has 0 atom stereocenters. The van der Waals surface area contributed by atoms with Gasteiger partial charge in [-0.05, 0) is 56.3 Å². The van der Waals surface area contributed by atoms with Crippen LogP contribution in [0.4, 0.5) is 5.82 Å². The van der Waals surface area contributed by atoms with Gasteiger partial charge in [0.05, 0.1) is 30.8 Å². The minimum atomic E-state index is -0.392. The van der Waals surface area contributed by atoms with E-state index in [9.17, 15) is 4.79 Å². The predicted molar refractivity (Wildman–Crippen MR) is 118 cm³/mol. The van der Waals surface area contributed by atoms with E-state index in [2.05, 4.69) is 18.7 Å². The Morgan fingerprint density at radius 1 is 0.966 bits per heavy atom. The molecule has 0 aliphatic carbocycles. The summed E-state index contributed by atoms with van der Waals surface area (Å²) in [5.74, 6) is 1.15. The molecule has 0 N–H and O–H groups in total. The zero-order valence-electron chi connectivity index (χ0n) is 18.2. The van der Waals surface area contributed by atoms with Crippen molar-refractivity contribution in [2.75, 3.05) is 26.2 Å². The van der Waals surface area contributed by atoms with Crippen molar-refractivity contribution in [1.29, 1.82) is 0 Å². The van der Waals surface area contributed by atoms with Gasteiger partial charge in [0.2, 0.25) is 0 Å². The molecule has 0 aliphatic heterocycles. The number of hydrogen-bond acceptors (Lipinski definition) is 6.